The number of hydrogen-bond donors (Lipinski definition) is 0. The van der Waals surface area contributed by atoms with Crippen LogP contribution in [0.3, 0.4) is 0 Å². The van der Waals surface area contributed by atoms with Crippen LogP contribution in [-0.4, -0.2) is 25.8 Å². The lowest BCUT2D eigenvalue weighted by molar-refractivity contribution is 0.771. The average molecular weight is 388 g/mol. The van der Waals surface area contributed by atoms with Gasteiger partial charge in [-0.2, -0.15) is 0 Å². The van der Waals surface area contributed by atoms with E-state index < -0.39 is 0 Å². The first-order chi connectivity index (χ1) is 13.6. The van der Waals surface area contributed by atoms with Gasteiger partial charge < -0.3 is 0 Å². The Kier molecular flexibility index (Phi) is 4.96. The second-order valence-corrected chi connectivity index (χ2v) is 7.48. The molecule has 140 valence electrons. The molecular formula is C22H20N4OS. The highest BCUT2D eigenvalue weighted by Crippen LogP contribution is 2.24. The number of pyridine rings is 2. The van der Waals surface area contributed by atoms with Crippen molar-refractivity contribution < 1.29 is 0 Å². The number of benzene rings is 1. The van der Waals surface area contributed by atoms with Crippen LogP contribution in [0.2, 0.25) is 0 Å². The summed E-state index contributed by atoms with van der Waals surface area (Å²) < 4.78 is 1.75. The van der Waals surface area contributed by atoms with Crippen LogP contribution >= 0.6 is 11.8 Å². The van der Waals surface area contributed by atoms with E-state index in [1.807, 2.05) is 31.4 Å². The summed E-state index contributed by atoms with van der Waals surface area (Å²) in [6.07, 6.45) is 5.33. The number of thioether (sulfide) groups is 1. The normalized spacial score (nSPS) is 11.1. The van der Waals surface area contributed by atoms with Crippen LogP contribution in [0.5, 0.6) is 0 Å². The van der Waals surface area contributed by atoms with Gasteiger partial charge in [0.2, 0.25) is 0 Å². The topological polar surface area (TPSA) is 60.7 Å². The minimum absolute atomic E-state index is 0.0653. The fraction of sp³-hybridized carbons (Fsp3) is 0.182. The van der Waals surface area contributed by atoms with E-state index in [4.69, 9.17) is 0 Å². The maximum absolute atomic E-state index is 13.4. The molecule has 0 aliphatic rings. The Morgan fingerprint density at radius 1 is 1.00 bits per heavy atom. The average Bonchev–Trinajstić information content (AvgIpc) is 2.72. The predicted molar refractivity (Wildman–Crippen MR) is 114 cm³/mol. The van der Waals surface area contributed by atoms with E-state index in [1.165, 1.54) is 17.3 Å². The van der Waals surface area contributed by atoms with Crippen LogP contribution in [0, 0.1) is 13.8 Å². The van der Waals surface area contributed by atoms with E-state index in [2.05, 4.69) is 46.1 Å². The van der Waals surface area contributed by atoms with Crippen molar-refractivity contribution in [1.29, 1.82) is 0 Å². The monoisotopic (exact) mass is 388 g/mol. The molecule has 0 bridgehead atoms. The summed E-state index contributed by atoms with van der Waals surface area (Å²) in [6.45, 7) is 4.47. The molecule has 0 aliphatic carbocycles. The number of aromatic nitrogens is 4. The van der Waals surface area contributed by atoms with E-state index >= 15 is 0 Å². The van der Waals surface area contributed by atoms with Crippen LogP contribution in [0.15, 0.2) is 64.8 Å². The molecule has 3 aromatic heterocycles. The van der Waals surface area contributed by atoms with Gasteiger partial charge >= 0.3 is 0 Å². The van der Waals surface area contributed by atoms with Crippen LogP contribution in [0.1, 0.15) is 16.8 Å². The van der Waals surface area contributed by atoms with Gasteiger partial charge in [0.25, 0.3) is 5.56 Å². The summed E-state index contributed by atoms with van der Waals surface area (Å²) >= 11 is 1.48. The largest absolute Gasteiger partial charge is 0.288 e. The standard InChI is InChI=1S/C22H20N4OS/c1-14-4-6-16(7-5-14)13-26-20-18(15(2)24-22(25-20)28-3)12-19(21(26)27)17-8-10-23-11-9-17/h4-12H,13H2,1-3H3. The molecule has 0 spiro atoms. The van der Waals surface area contributed by atoms with E-state index in [0.29, 0.717) is 22.9 Å². The van der Waals surface area contributed by atoms with Crippen molar-refractivity contribution >= 4 is 22.8 Å². The number of fused-ring (bicyclic) bond motifs is 1. The van der Waals surface area contributed by atoms with E-state index in [9.17, 15) is 4.79 Å². The highest BCUT2D eigenvalue weighted by atomic mass is 32.2. The van der Waals surface area contributed by atoms with E-state index in [0.717, 1.165) is 22.2 Å². The molecule has 3 heterocycles. The summed E-state index contributed by atoms with van der Waals surface area (Å²) in [6, 6.07) is 13.8. The SMILES string of the molecule is CSc1nc(C)c2cc(-c3ccncc3)c(=O)n(Cc3ccc(C)cc3)c2n1. The molecule has 4 aromatic rings. The van der Waals surface area contributed by atoms with Crippen molar-refractivity contribution in [2.75, 3.05) is 6.26 Å². The van der Waals surface area contributed by atoms with Crippen LogP contribution in [0.25, 0.3) is 22.2 Å². The number of hydrogen-bond acceptors (Lipinski definition) is 5. The van der Waals surface area contributed by atoms with Gasteiger partial charge in [-0.25, -0.2) is 9.97 Å². The first-order valence-electron chi connectivity index (χ1n) is 8.99. The zero-order valence-electron chi connectivity index (χ0n) is 16.0. The summed E-state index contributed by atoms with van der Waals surface area (Å²) in [4.78, 5) is 26.7. The lowest BCUT2D eigenvalue weighted by Crippen LogP contribution is -2.24. The third kappa shape index (κ3) is 3.43. The highest BCUT2D eigenvalue weighted by Gasteiger charge is 2.15. The molecule has 5 nitrogen and oxygen atoms in total. The molecule has 0 saturated heterocycles. The molecular weight excluding hydrogens is 368 g/mol. The number of nitrogens with zero attached hydrogens (tertiary/aromatic N) is 4. The molecule has 6 heteroatoms. The minimum Gasteiger partial charge on any atom is -0.288 e. The van der Waals surface area contributed by atoms with Gasteiger partial charge in [0.05, 0.1) is 12.2 Å². The molecule has 1 aromatic carbocycles. The maximum atomic E-state index is 13.4. The molecule has 4 rings (SSSR count). The predicted octanol–water partition coefficient (Wildman–Crippen LogP) is 4.24. The molecule has 0 saturated carbocycles. The van der Waals surface area contributed by atoms with Crippen molar-refractivity contribution in [3.63, 3.8) is 0 Å². The minimum atomic E-state index is -0.0653. The molecule has 0 fully saturated rings. The fourth-order valence-corrected chi connectivity index (χ4v) is 3.62. The molecule has 0 unspecified atom stereocenters. The van der Waals surface area contributed by atoms with Crippen LogP contribution < -0.4 is 5.56 Å². The van der Waals surface area contributed by atoms with Crippen molar-refractivity contribution in [3.8, 4) is 11.1 Å². The van der Waals surface area contributed by atoms with Gasteiger partial charge in [-0.15, -0.1) is 0 Å². The van der Waals surface area contributed by atoms with E-state index in [1.54, 1.807) is 17.0 Å². The second kappa shape index (κ2) is 7.56. The first-order valence-corrected chi connectivity index (χ1v) is 10.2. The molecule has 0 N–H and O–H groups in total. The van der Waals surface area contributed by atoms with Crippen molar-refractivity contribution in [2.24, 2.45) is 0 Å². The summed E-state index contributed by atoms with van der Waals surface area (Å²) in [5, 5.41) is 1.55. The van der Waals surface area contributed by atoms with Crippen LogP contribution in [0.4, 0.5) is 0 Å². The Labute approximate surface area is 167 Å². The Morgan fingerprint density at radius 2 is 1.71 bits per heavy atom. The van der Waals surface area contributed by atoms with Crippen molar-refractivity contribution in [3.05, 3.63) is 82.0 Å². The van der Waals surface area contributed by atoms with Gasteiger partial charge in [-0.3, -0.25) is 14.3 Å². The summed E-state index contributed by atoms with van der Waals surface area (Å²) in [5.74, 6) is 0. The zero-order valence-corrected chi connectivity index (χ0v) is 16.8. The van der Waals surface area contributed by atoms with Gasteiger partial charge in [0.15, 0.2) is 5.16 Å². The number of aryl methyl sites for hydroxylation is 2. The second-order valence-electron chi connectivity index (χ2n) is 6.70. The van der Waals surface area contributed by atoms with Gasteiger partial charge in [-0.05, 0) is 49.4 Å². The molecule has 28 heavy (non-hydrogen) atoms. The van der Waals surface area contributed by atoms with Crippen molar-refractivity contribution in [1.82, 2.24) is 19.5 Å². The third-order valence-electron chi connectivity index (χ3n) is 4.75. The first kappa shape index (κ1) is 18.4. The molecule has 0 aliphatic heterocycles. The molecule has 0 amide bonds. The lowest BCUT2D eigenvalue weighted by Gasteiger charge is -2.14. The van der Waals surface area contributed by atoms with Gasteiger partial charge in [0.1, 0.15) is 5.65 Å². The Balaban J connectivity index is 2.01. The smallest absolute Gasteiger partial charge is 0.260 e. The van der Waals surface area contributed by atoms with Crippen LogP contribution in [-0.2, 0) is 6.54 Å². The summed E-state index contributed by atoms with van der Waals surface area (Å²) in [5.41, 5.74) is 5.18. The summed E-state index contributed by atoms with van der Waals surface area (Å²) in [7, 11) is 0. The highest BCUT2D eigenvalue weighted by molar-refractivity contribution is 7.98. The lowest BCUT2D eigenvalue weighted by atomic mass is 10.1. The molecule has 0 atom stereocenters. The third-order valence-corrected chi connectivity index (χ3v) is 5.30. The van der Waals surface area contributed by atoms with Gasteiger partial charge in [-0.1, -0.05) is 41.6 Å². The fourth-order valence-electron chi connectivity index (χ4n) is 3.22. The zero-order chi connectivity index (χ0) is 19.7. The Bertz CT molecular complexity index is 1200. The number of rotatable bonds is 4. The van der Waals surface area contributed by atoms with Gasteiger partial charge in [0, 0.05) is 23.3 Å². The van der Waals surface area contributed by atoms with Crippen molar-refractivity contribution in [2.45, 2.75) is 25.5 Å². The van der Waals surface area contributed by atoms with E-state index in [-0.39, 0.29) is 5.56 Å². The Morgan fingerprint density at radius 3 is 2.39 bits per heavy atom. The quantitative estimate of drug-likeness (QED) is 0.387. The Hall–Kier alpha value is -2.99. The molecule has 0 radical (unpaired) electrons. The maximum Gasteiger partial charge on any atom is 0.260 e.